The lowest BCUT2D eigenvalue weighted by atomic mass is 10.3. The van der Waals surface area contributed by atoms with Crippen molar-refractivity contribution in [2.45, 2.75) is 30.7 Å². The number of primary sulfonamides is 1. The lowest BCUT2D eigenvalue weighted by Crippen LogP contribution is -2.36. The predicted molar refractivity (Wildman–Crippen MR) is 73.7 cm³/mol. The van der Waals surface area contributed by atoms with Gasteiger partial charge in [-0.05, 0) is 38.0 Å². The molecule has 0 aliphatic heterocycles. The van der Waals surface area contributed by atoms with Crippen molar-refractivity contribution in [1.29, 1.82) is 0 Å². The molecule has 21 heavy (non-hydrogen) atoms. The third-order valence-corrected chi connectivity index (χ3v) is 4.14. The number of sulfonamides is 1. The van der Waals surface area contributed by atoms with Gasteiger partial charge in [-0.1, -0.05) is 0 Å². The Labute approximate surface area is 122 Å². The Balaban J connectivity index is 2.11. The Hall–Kier alpha value is -1.67. The molecule has 0 atom stereocenters. The number of rotatable bonds is 6. The molecular weight excluding hydrogens is 299 g/mol. The van der Waals surface area contributed by atoms with Gasteiger partial charge in [0, 0.05) is 12.6 Å². The number of carbonyl (C=O) groups is 1. The van der Waals surface area contributed by atoms with E-state index in [0.29, 0.717) is 6.54 Å². The molecule has 1 fully saturated rings. The van der Waals surface area contributed by atoms with Crippen LogP contribution in [-0.2, 0) is 14.8 Å². The molecule has 6 nitrogen and oxygen atoms in total. The summed E-state index contributed by atoms with van der Waals surface area (Å²) in [5, 5.41) is 5.01. The third kappa shape index (κ3) is 3.92. The minimum atomic E-state index is -4.12. The molecule has 1 aromatic carbocycles. The van der Waals surface area contributed by atoms with Crippen LogP contribution < -0.4 is 9.88 Å². The van der Waals surface area contributed by atoms with Gasteiger partial charge in [0.1, 0.15) is 16.5 Å². The second-order valence-electron chi connectivity index (χ2n) is 4.84. The van der Waals surface area contributed by atoms with Crippen molar-refractivity contribution in [3.63, 3.8) is 0 Å². The molecule has 2 N–H and O–H groups in total. The van der Waals surface area contributed by atoms with E-state index in [1.165, 1.54) is 0 Å². The summed E-state index contributed by atoms with van der Waals surface area (Å²) in [4.78, 5) is 13.2. The zero-order valence-corrected chi connectivity index (χ0v) is 12.4. The Morgan fingerprint density at radius 2 is 2.14 bits per heavy atom. The maximum absolute atomic E-state index is 13.1. The molecule has 116 valence electrons. The van der Waals surface area contributed by atoms with Crippen LogP contribution >= 0.6 is 0 Å². The van der Waals surface area contributed by atoms with E-state index in [-0.39, 0.29) is 24.3 Å². The first-order valence-corrected chi connectivity index (χ1v) is 8.12. The summed E-state index contributed by atoms with van der Waals surface area (Å²) >= 11 is 0. The SMILES string of the molecule is CCN(C(=O)COc1ccc(F)cc1S(N)(=O)=O)C1CC1. The smallest absolute Gasteiger partial charge is 0.260 e. The minimum absolute atomic E-state index is 0.126. The number of hydrogen-bond acceptors (Lipinski definition) is 4. The van der Waals surface area contributed by atoms with Crippen molar-refractivity contribution >= 4 is 15.9 Å². The van der Waals surface area contributed by atoms with Crippen molar-refractivity contribution in [3.8, 4) is 5.75 Å². The van der Waals surface area contributed by atoms with Crippen molar-refractivity contribution in [3.05, 3.63) is 24.0 Å². The van der Waals surface area contributed by atoms with Gasteiger partial charge in [0.15, 0.2) is 6.61 Å². The molecule has 1 amide bonds. The number of nitrogens with zero attached hydrogens (tertiary/aromatic N) is 1. The number of nitrogens with two attached hydrogens (primary N) is 1. The highest BCUT2D eigenvalue weighted by atomic mass is 32.2. The van der Waals surface area contributed by atoms with Gasteiger partial charge in [0.05, 0.1) is 0 Å². The molecule has 0 saturated heterocycles. The minimum Gasteiger partial charge on any atom is -0.482 e. The van der Waals surface area contributed by atoms with Crippen LogP contribution in [0.1, 0.15) is 19.8 Å². The summed E-state index contributed by atoms with van der Waals surface area (Å²) in [6.07, 6.45) is 1.94. The largest absolute Gasteiger partial charge is 0.482 e. The number of carbonyl (C=O) groups excluding carboxylic acids is 1. The second kappa shape index (κ2) is 5.98. The predicted octanol–water partition coefficient (Wildman–Crippen LogP) is 0.863. The Bertz CT molecular complexity index is 644. The summed E-state index contributed by atoms with van der Waals surface area (Å²) < 4.78 is 41.1. The van der Waals surface area contributed by atoms with E-state index in [4.69, 9.17) is 9.88 Å². The fourth-order valence-electron chi connectivity index (χ4n) is 2.07. The Kier molecular flexibility index (Phi) is 4.48. The van der Waals surface area contributed by atoms with E-state index >= 15 is 0 Å². The van der Waals surface area contributed by atoms with Crippen molar-refractivity contribution in [2.24, 2.45) is 5.14 Å². The maximum Gasteiger partial charge on any atom is 0.260 e. The first-order chi connectivity index (χ1) is 9.82. The zero-order chi connectivity index (χ0) is 15.6. The molecule has 0 aromatic heterocycles. The molecular formula is C13H17FN2O4S. The molecule has 0 radical (unpaired) electrons. The standard InChI is InChI=1S/C13H17FN2O4S/c1-2-16(10-4-5-10)13(17)8-20-11-6-3-9(14)7-12(11)21(15,18)19/h3,6-7,10H,2,4-5,8H2,1H3,(H2,15,18,19). The van der Waals surface area contributed by atoms with E-state index in [1.54, 1.807) is 4.90 Å². The quantitative estimate of drug-likeness (QED) is 0.843. The Morgan fingerprint density at radius 3 is 2.67 bits per heavy atom. The highest BCUT2D eigenvalue weighted by Crippen LogP contribution is 2.27. The van der Waals surface area contributed by atoms with Crippen LogP contribution in [0.5, 0.6) is 5.75 Å². The van der Waals surface area contributed by atoms with Crippen molar-refractivity contribution in [2.75, 3.05) is 13.2 Å². The summed E-state index contributed by atoms with van der Waals surface area (Å²) in [6.45, 7) is 2.13. The molecule has 1 aliphatic rings. The van der Waals surface area contributed by atoms with Crippen LogP contribution in [0.25, 0.3) is 0 Å². The Morgan fingerprint density at radius 1 is 1.48 bits per heavy atom. The van der Waals surface area contributed by atoms with Gasteiger partial charge in [0.25, 0.3) is 5.91 Å². The summed E-state index contributed by atoms with van der Waals surface area (Å²) in [6, 6.07) is 3.22. The van der Waals surface area contributed by atoms with Gasteiger partial charge in [-0.2, -0.15) is 0 Å². The van der Waals surface area contributed by atoms with Crippen LogP contribution in [-0.4, -0.2) is 38.4 Å². The van der Waals surface area contributed by atoms with Crippen LogP contribution in [0.3, 0.4) is 0 Å². The van der Waals surface area contributed by atoms with Gasteiger partial charge in [-0.3, -0.25) is 4.79 Å². The molecule has 0 spiro atoms. The first-order valence-electron chi connectivity index (χ1n) is 6.57. The van der Waals surface area contributed by atoms with Gasteiger partial charge in [0.2, 0.25) is 10.0 Å². The monoisotopic (exact) mass is 316 g/mol. The van der Waals surface area contributed by atoms with Crippen molar-refractivity contribution < 1.29 is 22.3 Å². The molecule has 8 heteroatoms. The fraction of sp³-hybridized carbons (Fsp3) is 0.462. The number of amides is 1. The maximum atomic E-state index is 13.1. The lowest BCUT2D eigenvalue weighted by molar-refractivity contribution is -0.133. The van der Waals surface area contributed by atoms with Gasteiger partial charge >= 0.3 is 0 Å². The molecule has 0 heterocycles. The first kappa shape index (κ1) is 15.7. The normalized spacial score (nSPS) is 14.8. The fourth-order valence-corrected chi connectivity index (χ4v) is 2.75. The number of benzene rings is 1. The van der Waals surface area contributed by atoms with E-state index in [2.05, 4.69) is 0 Å². The van der Waals surface area contributed by atoms with E-state index in [0.717, 1.165) is 31.0 Å². The second-order valence-corrected chi connectivity index (χ2v) is 6.37. The number of halogens is 1. The average Bonchev–Trinajstić information content (AvgIpc) is 3.21. The van der Waals surface area contributed by atoms with Gasteiger partial charge < -0.3 is 9.64 Å². The molecule has 0 unspecified atom stereocenters. The molecule has 0 bridgehead atoms. The van der Waals surface area contributed by atoms with E-state index < -0.39 is 20.7 Å². The van der Waals surface area contributed by atoms with Crippen LogP contribution in [0, 0.1) is 5.82 Å². The molecule has 1 aromatic rings. The molecule has 1 aliphatic carbocycles. The summed E-state index contributed by atoms with van der Waals surface area (Å²) in [5.74, 6) is -1.10. The summed E-state index contributed by atoms with van der Waals surface area (Å²) in [7, 11) is -4.12. The third-order valence-electron chi connectivity index (χ3n) is 3.21. The van der Waals surface area contributed by atoms with Crippen LogP contribution in [0.15, 0.2) is 23.1 Å². The van der Waals surface area contributed by atoms with Crippen LogP contribution in [0.2, 0.25) is 0 Å². The van der Waals surface area contributed by atoms with E-state index in [9.17, 15) is 17.6 Å². The number of hydrogen-bond donors (Lipinski definition) is 1. The summed E-state index contributed by atoms with van der Waals surface area (Å²) in [5.41, 5.74) is 0. The topological polar surface area (TPSA) is 89.7 Å². The highest BCUT2D eigenvalue weighted by Gasteiger charge is 2.31. The number of ether oxygens (including phenoxy) is 1. The van der Waals surface area contributed by atoms with E-state index in [1.807, 2.05) is 6.92 Å². The zero-order valence-electron chi connectivity index (χ0n) is 11.6. The van der Waals surface area contributed by atoms with Crippen molar-refractivity contribution in [1.82, 2.24) is 4.90 Å². The van der Waals surface area contributed by atoms with Gasteiger partial charge in [-0.15, -0.1) is 0 Å². The number of likely N-dealkylation sites (N-methyl/N-ethyl adjacent to an activating group) is 1. The molecule has 1 saturated carbocycles. The molecule has 2 rings (SSSR count). The highest BCUT2D eigenvalue weighted by molar-refractivity contribution is 7.89. The lowest BCUT2D eigenvalue weighted by Gasteiger charge is -2.20. The van der Waals surface area contributed by atoms with Crippen LogP contribution in [0.4, 0.5) is 4.39 Å². The average molecular weight is 316 g/mol. The van der Waals surface area contributed by atoms with Gasteiger partial charge in [-0.25, -0.2) is 17.9 Å².